The summed E-state index contributed by atoms with van der Waals surface area (Å²) >= 11 is 0. The van der Waals surface area contributed by atoms with Gasteiger partial charge in [-0.2, -0.15) is 0 Å². The molecule has 122 valence electrons. The van der Waals surface area contributed by atoms with E-state index >= 15 is 0 Å². The summed E-state index contributed by atoms with van der Waals surface area (Å²) < 4.78 is 11.4. The summed E-state index contributed by atoms with van der Waals surface area (Å²) in [5.41, 5.74) is 2.49. The van der Waals surface area contributed by atoms with Gasteiger partial charge in [-0.15, -0.1) is 0 Å². The van der Waals surface area contributed by atoms with Crippen LogP contribution in [0.5, 0.6) is 0 Å². The zero-order chi connectivity index (χ0) is 15.8. The monoisotopic (exact) mass is 303 g/mol. The molecule has 3 nitrogen and oxygen atoms in total. The molecule has 2 unspecified atom stereocenters. The second-order valence-corrected chi connectivity index (χ2v) is 6.19. The van der Waals surface area contributed by atoms with E-state index in [1.54, 1.807) is 0 Å². The largest absolute Gasteiger partial charge is 0.374 e. The van der Waals surface area contributed by atoms with E-state index < -0.39 is 0 Å². The number of anilines is 1. The second kappa shape index (κ2) is 8.96. The van der Waals surface area contributed by atoms with E-state index in [4.69, 9.17) is 9.47 Å². The second-order valence-electron chi connectivity index (χ2n) is 6.19. The molecule has 1 aliphatic rings. The van der Waals surface area contributed by atoms with Gasteiger partial charge in [0.15, 0.2) is 6.29 Å². The Labute approximate surface area is 134 Å². The Morgan fingerprint density at radius 1 is 1.36 bits per heavy atom. The number of hydrogen-bond donors (Lipinski definition) is 0. The summed E-state index contributed by atoms with van der Waals surface area (Å²) in [7, 11) is 2.13. The van der Waals surface area contributed by atoms with Crippen molar-refractivity contribution >= 4 is 5.69 Å². The van der Waals surface area contributed by atoms with Crippen LogP contribution in [0.3, 0.4) is 0 Å². The minimum atomic E-state index is 0.00356. The molecule has 2 atom stereocenters. The van der Waals surface area contributed by atoms with Crippen molar-refractivity contribution < 1.29 is 9.47 Å². The molecule has 1 aromatic carbocycles. The van der Waals surface area contributed by atoms with E-state index in [0.29, 0.717) is 12.5 Å². The van der Waals surface area contributed by atoms with Gasteiger partial charge in [0.25, 0.3) is 0 Å². The van der Waals surface area contributed by atoms with Crippen molar-refractivity contribution in [3.63, 3.8) is 0 Å². The van der Waals surface area contributed by atoms with Gasteiger partial charge in [0.1, 0.15) is 0 Å². The topological polar surface area (TPSA) is 21.7 Å². The summed E-state index contributed by atoms with van der Waals surface area (Å²) in [6.07, 6.45) is 4.31. The Kier molecular flexibility index (Phi) is 6.94. The van der Waals surface area contributed by atoms with Crippen LogP contribution in [0.1, 0.15) is 32.6 Å². The van der Waals surface area contributed by atoms with Crippen LogP contribution in [0.2, 0.25) is 0 Å². The zero-order valence-electron chi connectivity index (χ0n) is 14.0. The number of rotatable bonds is 8. The molecule has 1 saturated heterocycles. The number of benzene rings is 1. The Morgan fingerprint density at radius 2 is 2.14 bits per heavy atom. The van der Waals surface area contributed by atoms with Crippen molar-refractivity contribution in [1.82, 2.24) is 0 Å². The fourth-order valence-electron chi connectivity index (χ4n) is 2.74. The minimum absolute atomic E-state index is 0.00356. The van der Waals surface area contributed by atoms with E-state index in [9.17, 15) is 0 Å². The maximum Gasteiger partial charge on any atom is 0.157 e. The van der Waals surface area contributed by atoms with Gasteiger partial charge in [0.05, 0.1) is 6.61 Å². The Bertz CT molecular complexity index is 440. The number of ether oxygens (including phenoxy) is 2. The van der Waals surface area contributed by atoms with Gasteiger partial charge in [-0.25, -0.2) is 0 Å². The molecule has 0 aromatic heterocycles. The molecule has 0 radical (unpaired) electrons. The highest BCUT2D eigenvalue weighted by Crippen LogP contribution is 2.19. The van der Waals surface area contributed by atoms with E-state index in [1.165, 1.54) is 17.7 Å². The molecule has 1 aliphatic heterocycles. The maximum atomic E-state index is 5.80. The average Bonchev–Trinajstić information content (AvgIpc) is 2.56. The van der Waals surface area contributed by atoms with Crippen LogP contribution in [-0.2, 0) is 9.47 Å². The van der Waals surface area contributed by atoms with Gasteiger partial charge in [-0.3, -0.25) is 0 Å². The molecular formula is C19H29NO2. The molecule has 0 bridgehead atoms. The molecule has 0 spiro atoms. The van der Waals surface area contributed by atoms with Gasteiger partial charge in [0, 0.05) is 25.9 Å². The summed E-state index contributed by atoms with van der Waals surface area (Å²) in [5, 5.41) is 0. The van der Waals surface area contributed by atoms with Gasteiger partial charge in [-0.05, 0) is 43.7 Å². The molecule has 1 heterocycles. The third-order valence-corrected chi connectivity index (χ3v) is 4.31. The molecule has 0 N–H and O–H groups in total. The summed E-state index contributed by atoms with van der Waals surface area (Å²) in [4.78, 5) is 2.28. The van der Waals surface area contributed by atoms with E-state index in [-0.39, 0.29) is 6.29 Å². The number of para-hydroxylation sites is 1. The SMILES string of the molecule is C=C(CCOC1CCCCO1)C(C)CN(C)c1ccccc1. The predicted octanol–water partition coefficient (Wildman–Crippen LogP) is 4.25. The minimum Gasteiger partial charge on any atom is -0.374 e. The first-order valence-electron chi connectivity index (χ1n) is 8.34. The van der Waals surface area contributed by atoms with Crippen molar-refractivity contribution in [2.24, 2.45) is 5.92 Å². The van der Waals surface area contributed by atoms with Gasteiger partial charge >= 0.3 is 0 Å². The fraction of sp³-hybridized carbons (Fsp3) is 0.579. The van der Waals surface area contributed by atoms with Crippen LogP contribution in [0.15, 0.2) is 42.5 Å². The van der Waals surface area contributed by atoms with Crippen LogP contribution in [0, 0.1) is 5.92 Å². The summed E-state index contributed by atoms with van der Waals surface area (Å²) in [6, 6.07) is 10.5. The Morgan fingerprint density at radius 3 is 2.82 bits per heavy atom. The quantitative estimate of drug-likeness (QED) is 0.670. The highest BCUT2D eigenvalue weighted by Gasteiger charge is 2.15. The van der Waals surface area contributed by atoms with Crippen LogP contribution in [0.4, 0.5) is 5.69 Å². The molecule has 1 aromatic rings. The first kappa shape index (κ1) is 17.0. The molecule has 0 amide bonds. The lowest BCUT2D eigenvalue weighted by molar-refractivity contribution is -0.161. The molecule has 22 heavy (non-hydrogen) atoms. The zero-order valence-corrected chi connectivity index (χ0v) is 14.0. The van der Waals surface area contributed by atoms with Crippen molar-refractivity contribution in [1.29, 1.82) is 0 Å². The normalized spacial score (nSPS) is 19.6. The lowest BCUT2D eigenvalue weighted by Crippen LogP contribution is -2.26. The van der Waals surface area contributed by atoms with Crippen LogP contribution in [0.25, 0.3) is 0 Å². The van der Waals surface area contributed by atoms with Gasteiger partial charge in [-0.1, -0.05) is 37.3 Å². The number of hydrogen-bond acceptors (Lipinski definition) is 3. The molecule has 3 heteroatoms. The van der Waals surface area contributed by atoms with E-state index in [0.717, 1.165) is 32.4 Å². The van der Waals surface area contributed by atoms with Crippen LogP contribution >= 0.6 is 0 Å². The maximum absolute atomic E-state index is 5.80. The average molecular weight is 303 g/mol. The Balaban J connectivity index is 1.68. The van der Waals surface area contributed by atoms with Crippen LogP contribution in [-0.4, -0.2) is 33.1 Å². The lowest BCUT2D eigenvalue weighted by atomic mass is 9.99. The van der Waals surface area contributed by atoms with Crippen molar-refractivity contribution in [3.8, 4) is 0 Å². The van der Waals surface area contributed by atoms with E-state index in [1.807, 2.05) is 6.07 Å². The predicted molar refractivity (Wildman–Crippen MR) is 92.2 cm³/mol. The molecule has 0 aliphatic carbocycles. The summed E-state index contributed by atoms with van der Waals surface area (Å²) in [6.45, 7) is 8.99. The fourth-order valence-corrected chi connectivity index (χ4v) is 2.74. The van der Waals surface area contributed by atoms with Gasteiger partial charge in [0.2, 0.25) is 0 Å². The molecular weight excluding hydrogens is 274 g/mol. The molecule has 1 fully saturated rings. The first-order chi connectivity index (χ1) is 10.7. The lowest BCUT2D eigenvalue weighted by Gasteiger charge is -2.26. The smallest absolute Gasteiger partial charge is 0.157 e. The third kappa shape index (κ3) is 5.47. The Hall–Kier alpha value is -1.32. The highest BCUT2D eigenvalue weighted by molar-refractivity contribution is 5.45. The standard InChI is InChI=1S/C19H29NO2/c1-16(12-14-22-19-11-7-8-13-21-19)17(2)15-20(3)18-9-5-4-6-10-18/h4-6,9-10,17,19H,1,7-8,11-15H2,2-3H3. The van der Waals surface area contributed by atoms with Gasteiger partial charge < -0.3 is 14.4 Å². The summed E-state index contributed by atoms with van der Waals surface area (Å²) in [5.74, 6) is 0.445. The van der Waals surface area contributed by atoms with Crippen molar-refractivity contribution in [2.75, 3.05) is 31.7 Å². The van der Waals surface area contributed by atoms with Crippen molar-refractivity contribution in [3.05, 3.63) is 42.5 Å². The molecule has 2 rings (SSSR count). The first-order valence-corrected chi connectivity index (χ1v) is 8.34. The highest BCUT2D eigenvalue weighted by atomic mass is 16.7. The van der Waals surface area contributed by atoms with Crippen LogP contribution < -0.4 is 4.90 Å². The van der Waals surface area contributed by atoms with Crippen molar-refractivity contribution in [2.45, 2.75) is 38.9 Å². The van der Waals surface area contributed by atoms with E-state index in [2.05, 4.69) is 49.7 Å². The third-order valence-electron chi connectivity index (χ3n) is 4.31. The molecule has 0 saturated carbocycles. The number of nitrogens with zero attached hydrogens (tertiary/aromatic N) is 1.